The van der Waals surface area contributed by atoms with E-state index in [9.17, 15) is 22.8 Å². The SMILES string of the molecule is CN1CC(C(=O)N2CCC(Oc3ccc(C(F)(F)F)cn3)CC2)CC1=O. The van der Waals surface area contributed by atoms with Gasteiger partial charge in [0.1, 0.15) is 6.10 Å². The number of rotatable bonds is 3. The Labute approximate surface area is 148 Å². The summed E-state index contributed by atoms with van der Waals surface area (Å²) >= 11 is 0. The van der Waals surface area contributed by atoms with Crippen molar-refractivity contribution in [2.24, 2.45) is 5.92 Å². The molecule has 6 nitrogen and oxygen atoms in total. The lowest BCUT2D eigenvalue weighted by molar-refractivity contribution is -0.138. The van der Waals surface area contributed by atoms with E-state index in [1.165, 1.54) is 6.07 Å². The number of carbonyl (C=O) groups is 2. The molecule has 0 saturated carbocycles. The standard InChI is InChI=1S/C17H20F3N3O3/c1-22-10-11(8-15(22)24)16(25)23-6-4-13(5-7-23)26-14-3-2-12(9-21-14)17(18,19)20/h2-3,9,11,13H,4-8,10H2,1H3. The summed E-state index contributed by atoms with van der Waals surface area (Å²) in [4.78, 5) is 31.1. The van der Waals surface area contributed by atoms with Crippen molar-refractivity contribution in [2.75, 3.05) is 26.7 Å². The highest BCUT2D eigenvalue weighted by atomic mass is 19.4. The van der Waals surface area contributed by atoms with Gasteiger partial charge in [0.05, 0.1) is 11.5 Å². The minimum atomic E-state index is -4.42. The van der Waals surface area contributed by atoms with Gasteiger partial charge in [-0.05, 0) is 6.07 Å². The van der Waals surface area contributed by atoms with Crippen LogP contribution in [0, 0.1) is 5.92 Å². The number of hydrogen-bond donors (Lipinski definition) is 0. The Bertz CT molecular complexity index is 670. The average Bonchev–Trinajstić information content (AvgIpc) is 2.94. The largest absolute Gasteiger partial charge is 0.474 e. The first-order valence-electron chi connectivity index (χ1n) is 8.46. The highest BCUT2D eigenvalue weighted by Gasteiger charge is 2.36. The lowest BCUT2D eigenvalue weighted by Crippen LogP contribution is -2.44. The Kier molecular flexibility index (Phi) is 5.06. The van der Waals surface area contributed by atoms with Crippen LogP contribution in [0.3, 0.4) is 0 Å². The van der Waals surface area contributed by atoms with E-state index in [1.54, 1.807) is 16.8 Å². The summed E-state index contributed by atoms with van der Waals surface area (Å²) in [6.45, 7) is 1.45. The van der Waals surface area contributed by atoms with Crippen molar-refractivity contribution in [3.8, 4) is 5.88 Å². The number of nitrogens with zero attached hydrogens (tertiary/aromatic N) is 3. The van der Waals surface area contributed by atoms with E-state index in [0.29, 0.717) is 32.5 Å². The molecule has 2 fully saturated rings. The maximum absolute atomic E-state index is 12.5. The van der Waals surface area contributed by atoms with Crippen LogP contribution in [0.4, 0.5) is 13.2 Å². The van der Waals surface area contributed by atoms with Gasteiger partial charge in [-0.3, -0.25) is 9.59 Å². The minimum absolute atomic E-state index is 0.0186. The van der Waals surface area contributed by atoms with E-state index in [1.807, 2.05) is 0 Å². The van der Waals surface area contributed by atoms with Crippen molar-refractivity contribution in [3.63, 3.8) is 0 Å². The number of hydrogen-bond acceptors (Lipinski definition) is 4. The fourth-order valence-corrected chi connectivity index (χ4v) is 3.27. The van der Waals surface area contributed by atoms with Crippen LogP contribution in [0.15, 0.2) is 18.3 Å². The fraction of sp³-hybridized carbons (Fsp3) is 0.588. The lowest BCUT2D eigenvalue weighted by atomic mass is 10.0. The average molecular weight is 371 g/mol. The molecule has 3 rings (SSSR count). The molecule has 2 aliphatic rings. The van der Waals surface area contributed by atoms with Crippen LogP contribution in [-0.2, 0) is 15.8 Å². The predicted octanol–water partition coefficient (Wildman–Crippen LogP) is 1.95. The number of piperidine rings is 1. The van der Waals surface area contributed by atoms with Crippen LogP contribution < -0.4 is 4.74 Å². The second-order valence-corrected chi connectivity index (χ2v) is 6.70. The molecular weight excluding hydrogens is 351 g/mol. The molecule has 0 aliphatic carbocycles. The Morgan fingerprint density at radius 3 is 2.46 bits per heavy atom. The zero-order valence-electron chi connectivity index (χ0n) is 14.3. The van der Waals surface area contributed by atoms with Gasteiger partial charge in [-0.1, -0.05) is 0 Å². The van der Waals surface area contributed by atoms with Gasteiger partial charge >= 0.3 is 6.18 Å². The highest BCUT2D eigenvalue weighted by molar-refractivity contribution is 5.89. The summed E-state index contributed by atoms with van der Waals surface area (Å²) in [5.74, 6) is -0.184. The van der Waals surface area contributed by atoms with Crippen LogP contribution in [0.5, 0.6) is 5.88 Å². The second-order valence-electron chi connectivity index (χ2n) is 6.70. The number of carbonyl (C=O) groups excluding carboxylic acids is 2. The summed E-state index contributed by atoms with van der Waals surface area (Å²) < 4.78 is 43.2. The molecule has 0 bridgehead atoms. The monoisotopic (exact) mass is 371 g/mol. The smallest absolute Gasteiger partial charge is 0.417 e. The van der Waals surface area contributed by atoms with Crippen molar-refractivity contribution in [1.29, 1.82) is 0 Å². The number of likely N-dealkylation sites (tertiary alicyclic amines) is 2. The number of ether oxygens (including phenoxy) is 1. The van der Waals surface area contributed by atoms with Gasteiger partial charge in [0.15, 0.2) is 0 Å². The van der Waals surface area contributed by atoms with E-state index >= 15 is 0 Å². The molecule has 0 radical (unpaired) electrons. The first-order valence-corrected chi connectivity index (χ1v) is 8.46. The predicted molar refractivity (Wildman–Crippen MR) is 85.2 cm³/mol. The van der Waals surface area contributed by atoms with Crippen LogP contribution in [0.1, 0.15) is 24.8 Å². The zero-order chi connectivity index (χ0) is 18.9. The number of halogens is 3. The van der Waals surface area contributed by atoms with E-state index in [4.69, 9.17) is 4.74 Å². The number of aromatic nitrogens is 1. The summed E-state index contributed by atoms with van der Waals surface area (Å²) in [5, 5.41) is 0. The third-order valence-electron chi connectivity index (χ3n) is 4.80. The van der Waals surface area contributed by atoms with Crippen LogP contribution in [0.25, 0.3) is 0 Å². The van der Waals surface area contributed by atoms with E-state index < -0.39 is 11.7 Å². The zero-order valence-corrected chi connectivity index (χ0v) is 14.3. The minimum Gasteiger partial charge on any atom is -0.474 e. The molecule has 1 atom stereocenters. The molecule has 3 heterocycles. The van der Waals surface area contributed by atoms with E-state index in [0.717, 1.165) is 12.3 Å². The van der Waals surface area contributed by atoms with Gasteiger partial charge in [0, 0.05) is 58.2 Å². The summed E-state index contributed by atoms with van der Waals surface area (Å²) in [7, 11) is 1.69. The Hall–Kier alpha value is -2.32. The van der Waals surface area contributed by atoms with E-state index in [-0.39, 0.29) is 36.1 Å². The quantitative estimate of drug-likeness (QED) is 0.815. The first-order chi connectivity index (χ1) is 12.2. The van der Waals surface area contributed by atoms with Gasteiger partial charge in [0.25, 0.3) is 0 Å². The number of pyridine rings is 1. The number of alkyl halides is 3. The Morgan fingerprint density at radius 2 is 1.96 bits per heavy atom. The summed E-state index contributed by atoms with van der Waals surface area (Å²) in [6, 6.07) is 2.15. The van der Waals surface area contributed by atoms with Gasteiger partial charge < -0.3 is 14.5 Å². The van der Waals surface area contributed by atoms with Gasteiger partial charge in [-0.15, -0.1) is 0 Å². The van der Waals surface area contributed by atoms with Crippen molar-refractivity contribution >= 4 is 11.8 Å². The molecule has 1 unspecified atom stereocenters. The molecule has 2 amide bonds. The molecule has 1 aromatic heterocycles. The maximum Gasteiger partial charge on any atom is 0.417 e. The third-order valence-corrected chi connectivity index (χ3v) is 4.80. The summed E-state index contributed by atoms with van der Waals surface area (Å²) in [5.41, 5.74) is -0.818. The Morgan fingerprint density at radius 1 is 1.27 bits per heavy atom. The molecular formula is C17H20F3N3O3. The normalized spacial score (nSPS) is 22.0. The molecule has 1 aromatic rings. The lowest BCUT2D eigenvalue weighted by Gasteiger charge is -2.33. The maximum atomic E-state index is 12.5. The van der Waals surface area contributed by atoms with Crippen molar-refractivity contribution in [1.82, 2.24) is 14.8 Å². The fourth-order valence-electron chi connectivity index (χ4n) is 3.27. The Balaban J connectivity index is 1.49. The molecule has 26 heavy (non-hydrogen) atoms. The molecule has 2 saturated heterocycles. The van der Waals surface area contributed by atoms with Gasteiger partial charge in [-0.2, -0.15) is 13.2 Å². The summed E-state index contributed by atoms with van der Waals surface area (Å²) in [6.07, 6.45) is -2.47. The van der Waals surface area contributed by atoms with Gasteiger partial charge in [0.2, 0.25) is 17.7 Å². The van der Waals surface area contributed by atoms with Crippen LogP contribution in [0.2, 0.25) is 0 Å². The molecule has 9 heteroatoms. The van der Waals surface area contributed by atoms with Crippen molar-refractivity contribution in [3.05, 3.63) is 23.9 Å². The molecule has 2 aliphatic heterocycles. The molecule has 0 spiro atoms. The van der Waals surface area contributed by atoms with Crippen molar-refractivity contribution in [2.45, 2.75) is 31.5 Å². The second kappa shape index (κ2) is 7.13. The highest BCUT2D eigenvalue weighted by Crippen LogP contribution is 2.29. The third kappa shape index (κ3) is 4.08. The van der Waals surface area contributed by atoms with Gasteiger partial charge in [-0.25, -0.2) is 4.98 Å². The van der Waals surface area contributed by atoms with E-state index in [2.05, 4.69) is 4.98 Å². The first kappa shape index (κ1) is 18.5. The van der Waals surface area contributed by atoms with Crippen LogP contribution in [-0.4, -0.2) is 59.4 Å². The van der Waals surface area contributed by atoms with Crippen molar-refractivity contribution < 1.29 is 27.5 Å². The number of amides is 2. The molecule has 0 N–H and O–H groups in total. The topological polar surface area (TPSA) is 62.7 Å². The molecule has 0 aromatic carbocycles. The molecule has 142 valence electrons. The van der Waals surface area contributed by atoms with Crippen LogP contribution >= 0.6 is 0 Å².